The highest BCUT2D eigenvalue weighted by Crippen LogP contribution is 2.31. The third-order valence-electron chi connectivity index (χ3n) is 21.9. The van der Waals surface area contributed by atoms with Gasteiger partial charge >= 0.3 is 0 Å². The molecule has 0 aliphatic carbocycles. The van der Waals surface area contributed by atoms with Crippen LogP contribution in [0.5, 0.6) is 0 Å². The van der Waals surface area contributed by atoms with Crippen LogP contribution in [0.25, 0.3) is 0 Å². The fraction of sp³-hybridized carbons (Fsp3) is 0.839. The summed E-state index contributed by atoms with van der Waals surface area (Å²) in [4.78, 5) is 13.4. The maximum atomic E-state index is 13.4. The molecule has 14 heteroatoms. The summed E-state index contributed by atoms with van der Waals surface area (Å²) in [5.74, 6) is -0.200. The number of carbonyl (C=O) groups excluding carboxylic acids is 1. The zero-order valence-electron chi connectivity index (χ0n) is 68.9. The number of aliphatic hydroxyl groups excluding tert-OH is 8. The van der Waals surface area contributed by atoms with E-state index in [9.17, 15) is 45.6 Å². The molecule has 0 aromatic carbocycles. The second kappa shape index (κ2) is 75.8. The van der Waals surface area contributed by atoms with Crippen molar-refractivity contribution in [2.24, 2.45) is 0 Å². The molecule has 1 amide bonds. The third-order valence-corrected chi connectivity index (χ3v) is 21.9. The average molecular weight is 1510 g/mol. The summed E-state index contributed by atoms with van der Waals surface area (Å²) in [6.07, 6.45) is 90.8. The monoisotopic (exact) mass is 1510 g/mol. The van der Waals surface area contributed by atoms with Crippen molar-refractivity contribution in [2.45, 2.75) is 479 Å². The summed E-state index contributed by atoms with van der Waals surface area (Å²) < 4.78 is 23.0. The quantitative estimate of drug-likeness (QED) is 0.0204. The second-order valence-corrected chi connectivity index (χ2v) is 31.7. The van der Waals surface area contributed by atoms with E-state index in [1.54, 1.807) is 0 Å². The van der Waals surface area contributed by atoms with Crippen molar-refractivity contribution in [3.63, 3.8) is 0 Å². The molecular weight excluding hydrogens is 1340 g/mol. The lowest BCUT2D eigenvalue weighted by molar-refractivity contribution is -0.359. The highest BCUT2D eigenvalue weighted by molar-refractivity contribution is 5.76. The first-order valence-electron chi connectivity index (χ1n) is 45.3. The number of hydrogen-bond acceptors (Lipinski definition) is 13. The van der Waals surface area contributed by atoms with Crippen molar-refractivity contribution in [1.29, 1.82) is 0 Å². The van der Waals surface area contributed by atoms with Gasteiger partial charge in [0.25, 0.3) is 0 Å². The van der Waals surface area contributed by atoms with Crippen LogP contribution in [-0.4, -0.2) is 140 Å². The fourth-order valence-electron chi connectivity index (χ4n) is 14.8. The molecule has 12 atom stereocenters. The van der Waals surface area contributed by atoms with E-state index in [0.29, 0.717) is 12.8 Å². The minimum absolute atomic E-state index is 0.200. The molecule has 9 N–H and O–H groups in total. The number of nitrogens with one attached hydrogen (secondary N) is 1. The van der Waals surface area contributed by atoms with E-state index in [0.717, 1.165) is 96.3 Å². The molecule has 2 heterocycles. The van der Waals surface area contributed by atoms with Gasteiger partial charge in [0.2, 0.25) is 5.91 Å². The Morgan fingerprint density at radius 1 is 0.346 bits per heavy atom. The zero-order chi connectivity index (χ0) is 77.2. The van der Waals surface area contributed by atoms with Crippen LogP contribution in [-0.2, 0) is 23.7 Å². The molecule has 0 spiro atoms. The standard InChI is InChI=1S/C93H169NO13/c1-3-5-7-9-11-13-15-17-19-21-23-25-27-29-31-33-35-37-38-39-40-41-42-43-44-45-47-49-51-53-55-57-59-61-63-65-67-69-71-73-75-77-85(98)94-81(80-104-92-90(103)88(101)91(84(79-96)106-92)107-93-89(102)87(100)86(99)83(78-95)105-93)82(97)76-74-72-70-68-66-64-62-60-58-56-54-52-50-48-46-36-34-32-30-28-26-24-22-20-18-16-14-12-10-8-6-4-2/h5,7,11,13,17,19,23,25,29,31,35,37,39-40,81-84,86-93,95-97,99-103H,3-4,6,8-10,12,14-16,18,20-22,24,26-28,30,32-34,36,38,41-80H2,1-2H3,(H,94,98)/b7-5-,13-11-,19-17-,25-23-,31-29-,37-35-,40-39-. The van der Waals surface area contributed by atoms with Gasteiger partial charge in [0.1, 0.15) is 48.8 Å². The van der Waals surface area contributed by atoms with Crippen molar-refractivity contribution in [1.82, 2.24) is 5.32 Å². The molecule has 12 unspecified atom stereocenters. The summed E-state index contributed by atoms with van der Waals surface area (Å²) in [6, 6.07) is -0.833. The van der Waals surface area contributed by atoms with E-state index in [4.69, 9.17) is 18.9 Å². The van der Waals surface area contributed by atoms with E-state index in [2.05, 4.69) is 104 Å². The van der Waals surface area contributed by atoms with Crippen LogP contribution in [0.2, 0.25) is 0 Å². The molecule has 624 valence electrons. The third kappa shape index (κ3) is 57.8. The molecule has 2 fully saturated rings. The predicted octanol–water partition coefficient (Wildman–Crippen LogP) is 22.2. The minimum atomic E-state index is -1.79. The van der Waals surface area contributed by atoms with Crippen LogP contribution in [0, 0.1) is 0 Å². The fourth-order valence-corrected chi connectivity index (χ4v) is 14.8. The van der Waals surface area contributed by atoms with Crippen LogP contribution in [0.1, 0.15) is 406 Å². The van der Waals surface area contributed by atoms with Crippen LogP contribution in [0.15, 0.2) is 85.1 Å². The molecule has 0 aromatic heterocycles. The van der Waals surface area contributed by atoms with Gasteiger partial charge in [-0.05, 0) is 70.6 Å². The molecule has 14 nitrogen and oxygen atoms in total. The lowest BCUT2D eigenvalue weighted by atomic mass is 9.97. The SMILES string of the molecule is CC/C=C\C/C=C\C/C=C\C/C=C\C/C=C\C/C=C\C/C=C\CCCCCCCCCCCCCCCCCCCCCC(=O)NC(COC1OC(CO)C(OC2OC(CO)C(O)C(O)C2O)C(O)C1O)C(O)CCCCCCCCCCCCCCCCCCCCCCCCCCCCCCCCCC. The normalized spacial score (nSPS) is 21.6. The number of hydrogen-bond donors (Lipinski definition) is 9. The largest absolute Gasteiger partial charge is 0.394 e. The summed E-state index contributed by atoms with van der Waals surface area (Å²) in [5, 5.41) is 88.1. The molecule has 2 aliphatic rings. The van der Waals surface area contributed by atoms with Crippen LogP contribution >= 0.6 is 0 Å². The van der Waals surface area contributed by atoms with Gasteiger partial charge in [-0.1, -0.05) is 414 Å². The Hall–Kier alpha value is -2.83. The Labute approximate surface area is 656 Å². The second-order valence-electron chi connectivity index (χ2n) is 31.7. The van der Waals surface area contributed by atoms with E-state index in [1.807, 2.05) is 0 Å². The molecular formula is C93H169NO13. The number of ether oxygens (including phenoxy) is 4. The van der Waals surface area contributed by atoms with E-state index < -0.39 is 86.8 Å². The molecule has 2 rings (SSSR count). The Kier molecular flexibility index (Phi) is 71.0. The number of amides is 1. The Balaban J connectivity index is 1.55. The number of carbonyl (C=O) groups is 1. The van der Waals surface area contributed by atoms with Crippen LogP contribution in [0.3, 0.4) is 0 Å². The first-order chi connectivity index (χ1) is 52.6. The average Bonchev–Trinajstić information content (AvgIpc) is 0.789. The first-order valence-corrected chi connectivity index (χ1v) is 45.3. The molecule has 0 bridgehead atoms. The molecule has 2 aliphatic heterocycles. The zero-order valence-corrected chi connectivity index (χ0v) is 68.9. The highest BCUT2D eigenvalue weighted by Gasteiger charge is 2.51. The number of rotatable bonds is 77. The van der Waals surface area contributed by atoms with Gasteiger partial charge < -0.3 is 65.1 Å². The van der Waals surface area contributed by atoms with Crippen LogP contribution in [0.4, 0.5) is 0 Å². The van der Waals surface area contributed by atoms with Crippen molar-refractivity contribution in [3.05, 3.63) is 85.1 Å². The van der Waals surface area contributed by atoms with Crippen LogP contribution < -0.4 is 5.32 Å². The molecule has 0 aromatic rings. The van der Waals surface area contributed by atoms with Gasteiger partial charge in [-0.3, -0.25) is 4.79 Å². The summed E-state index contributed by atoms with van der Waals surface area (Å²) in [7, 11) is 0. The van der Waals surface area contributed by atoms with Crippen molar-refractivity contribution in [2.75, 3.05) is 19.8 Å². The van der Waals surface area contributed by atoms with Crippen molar-refractivity contribution in [3.8, 4) is 0 Å². The maximum Gasteiger partial charge on any atom is 0.220 e. The summed E-state index contributed by atoms with van der Waals surface area (Å²) >= 11 is 0. The van der Waals surface area contributed by atoms with Gasteiger partial charge in [-0.2, -0.15) is 0 Å². The van der Waals surface area contributed by atoms with Crippen molar-refractivity contribution >= 4 is 5.91 Å². The predicted molar refractivity (Wildman–Crippen MR) is 447 cm³/mol. The lowest BCUT2D eigenvalue weighted by Crippen LogP contribution is -2.65. The Bertz CT molecular complexity index is 2130. The number of allylic oxidation sites excluding steroid dienone is 14. The topological polar surface area (TPSA) is 228 Å². The van der Waals surface area contributed by atoms with Gasteiger partial charge in [-0.15, -0.1) is 0 Å². The van der Waals surface area contributed by atoms with Gasteiger partial charge in [-0.25, -0.2) is 0 Å². The van der Waals surface area contributed by atoms with E-state index in [1.165, 1.54) is 283 Å². The van der Waals surface area contributed by atoms with Gasteiger partial charge in [0.05, 0.1) is 32.0 Å². The molecule has 107 heavy (non-hydrogen) atoms. The summed E-state index contributed by atoms with van der Waals surface area (Å²) in [5.41, 5.74) is 0. The molecule has 0 radical (unpaired) electrons. The smallest absolute Gasteiger partial charge is 0.220 e. The molecule has 2 saturated heterocycles. The Morgan fingerprint density at radius 2 is 0.645 bits per heavy atom. The summed E-state index contributed by atoms with van der Waals surface area (Å²) in [6.45, 7) is 2.81. The van der Waals surface area contributed by atoms with E-state index in [-0.39, 0.29) is 12.5 Å². The number of aliphatic hydroxyl groups is 8. The van der Waals surface area contributed by atoms with Gasteiger partial charge in [0.15, 0.2) is 12.6 Å². The Morgan fingerprint density at radius 3 is 0.991 bits per heavy atom. The highest BCUT2D eigenvalue weighted by atomic mass is 16.7. The van der Waals surface area contributed by atoms with E-state index >= 15 is 0 Å². The molecule has 0 saturated carbocycles. The first kappa shape index (κ1) is 100. The van der Waals surface area contributed by atoms with Gasteiger partial charge in [0, 0.05) is 6.42 Å². The minimum Gasteiger partial charge on any atom is -0.394 e. The lowest BCUT2D eigenvalue weighted by Gasteiger charge is -2.46. The number of unbranched alkanes of at least 4 members (excludes halogenated alkanes) is 50. The maximum absolute atomic E-state index is 13.4. The van der Waals surface area contributed by atoms with Crippen molar-refractivity contribution < 1.29 is 64.6 Å².